The molecule has 2 rings (SSSR count). The van der Waals surface area contributed by atoms with E-state index >= 15 is 0 Å². The minimum atomic E-state index is -10.3. The van der Waals surface area contributed by atoms with E-state index in [0.717, 1.165) is 6.07 Å². The lowest BCUT2D eigenvalue weighted by atomic mass is 9.93. The van der Waals surface area contributed by atoms with Crippen molar-refractivity contribution in [2.75, 3.05) is 0 Å². The average Bonchev–Trinajstić information content (AvgIpc) is 2.73. The molecule has 0 aliphatic heterocycles. The summed E-state index contributed by atoms with van der Waals surface area (Å²) in [4.78, 5) is -2.39. The summed E-state index contributed by atoms with van der Waals surface area (Å²) in [6.07, 6.45) is 0. The summed E-state index contributed by atoms with van der Waals surface area (Å²) in [5.74, 6) is 0. The van der Waals surface area contributed by atoms with Crippen LogP contribution in [0.25, 0.3) is 11.1 Å². The second-order valence-electron chi connectivity index (χ2n) is 5.98. The van der Waals surface area contributed by atoms with Crippen molar-refractivity contribution >= 4 is 21.4 Å². The Hall–Kier alpha value is -4.88. The van der Waals surface area contributed by atoms with Crippen LogP contribution in [0.15, 0.2) is 35.2 Å². The summed E-state index contributed by atoms with van der Waals surface area (Å²) in [6.45, 7) is 0. The summed E-state index contributed by atoms with van der Waals surface area (Å²) >= 11 is 0. The van der Waals surface area contributed by atoms with Crippen LogP contribution in [0.4, 0.5) is 19.4 Å². The van der Waals surface area contributed by atoms with Crippen molar-refractivity contribution in [3.63, 3.8) is 0 Å². The van der Waals surface area contributed by atoms with E-state index in [0.29, 0.717) is 18.2 Å². The molecule has 0 N–H and O–H groups in total. The van der Waals surface area contributed by atoms with Crippen molar-refractivity contribution in [1.29, 1.82) is 31.6 Å². The van der Waals surface area contributed by atoms with Gasteiger partial charge in [0.1, 0.15) is 40.8 Å². The minimum absolute atomic E-state index is 0.0717. The molecule has 0 bridgehead atoms. The number of nitriles is 6. The molecular formula is C20H5F5N6S. The summed E-state index contributed by atoms with van der Waals surface area (Å²) in [5.41, 5.74) is -5.16. The Labute approximate surface area is 177 Å². The van der Waals surface area contributed by atoms with Gasteiger partial charge in [-0.25, -0.2) is 0 Å². The van der Waals surface area contributed by atoms with Gasteiger partial charge >= 0.3 is 10.2 Å². The first kappa shape index (κ1) is 23.4. The second kappa shape index (κ2) is 7.12. The van der Waals surface area contributed by atoms with E-state index in [9.17, 15) is 40.5 Å². The highest BCUT2D eigenvalue weighted by molar-refractivity contribution is 8.45. The van der Waals surface area contributed by atoms with Gasteiger partial charge in [-0.2, -0.15) is 31.6 Å². The van der Waals surface area contributed by atoms with Crippen LogP contribution >= 0.6 is 10.2 Å². The molecule has 12 heteroatoms. The van der Waals surface area contributed by atoms with Crippen LogP contribution in [0.1, 0.15) is 22.3 Å². The van der Waals surface area contributed by atoms with Crippen molar-refractivity contribution < 1.29 is 19.4 Å². The Balaban J connectivity index is 3.38. The molecule has 0 aliphatic carbocycles. The van der Waals surface area contributed by atoms with Gasteiger partial charge in [0.05, 0.1) is 28.3 Å². The van der Waals surface area contributed by atoms with Crippen LogP contribution < -0.4 is 10.4 Å². The highest BCUT2D eigenvalue weighted by Gasteiger charge is 2.66. The molecule has 156 valence electrons. The van der Waals surface area contributed by atoms with Gasteiger partial charge in [0, 0.05) is 16.0 Å². The van der Waals surface area contributed by atoms with Crippen molar-refractivity contribution in [3.05, 3.63) is 63.0 Å². The molecule has 0 aliphatic rings. The summed E-state index contributed by atoms with van der Waals surface area (Å²) in [5, 5.41) is 54.9. The molecule has 0 unspecified atom stereocenters. The van der Waals surface area contributed by atoms with Crippen LogP contribution in [0.3, 0.4) is 0 Å². The number of benzene rings is 2. The topological polar surface area (TPSA) is 143 Å². The lowest BCUT2D eigenvalue weighted by Crippen LogP contribution is -2.26. The highest BCUT2D eigenvalue weighted by Crippen LogP contribution is 3.02. The third kappa shape index (κ3) is 4.04. The molecule has 0 saturated heterocycles. The predicted octanol–water partition coefficient (Wildman–Crippen LogP) is 3.88. The number of rotatable bonds is 2. The summed E-state index contributed by atoms with van der Waals surface area (Å²) < 4.78 is 67.9. The minimum Gasteiger partial charge on any atom is -0.192 e. The first-order valence-electron chi connectivity index (χ1n) is 7.97. The van der Waals surface area contributed by atoms with E-state index in [1.807, 2.05) is 0 Å². The van der Waals surface area contributed by atoms with Crippen molar-refractivity contribution in [2.45, 2.75) is 4.90 Å². The zero-order chi connectivity index (χ0) is 24.4. The van der Waals surface area contributed by atoms with Gasteiger partial charge in [0.25, 0.3) is 0 Å². The number of halogens is 5. The standard InChI is InChI=1S/C20H5F5N6S/c21-32(22,23,24,25)19-4-2-1-3-14(19)16(9-29)15-5-12(6-26)20(13(7-27)8-28)18(11-31)17(15)10-30/h1-5H/b16-15+. The third-order valence-electron chi connectivity index (χ3n) is 4.10. The zero-order valence-electron chi connectivity index (χ0n) is 15.4. The molecule has 2 aromatic rings. The summed E-state index contributed by atoms with van der Waals surface area (Å²) in [6, 6.07) is 11.7. The molecule has 2 aromatic carbocycles. The molecule has 0 heterocycles. The van der Waals surface area contributed by atoms with Crippen molar-refractivity contribution in [1.82, 2.24) is 0 Å². The lowest BCUT2D eigenvalue weighted by Gasteiger charge is -2.41. The van der Waals surface area contributed by atoms with Gasteiger partial charge in [-0.05, 0) is 12.1 Å². The first-order valence-corrected chi connectivity index (χ1v) is 9.92. The van der Waals surface area contributed by atoms with Gasteiger partial charge in [0.15, 0.2) is 0 Å². The van der Waals surface area contributed by atoms with E-state index in [1.54, 1.807) is 0 Å². The SMILES string of the molecule is N#CC(C#N)=c1c(C#N)c/c(=C(/C#N)c2ccccc2S(F)(F)(F)(F)F)c(C#N)c1C#N. The van der Waals surface area contributed by atoms with E-state index in [1.165, 1.54) is 36.4 Å². The Bertz CT molecular complexity index is 1550. The smallest absolute Gasteiger partial charge is 0.192 e. The fraction of sp³-hybridized carbons (Fsp3) is 0. The molecule has 0 fully saturated rings. The fourth-order valence-electron chi connectivity index (χ4n) is 2.87. The van der Waals surface area contributed by atoms with Gasteiger partial charge in [-0.3, -0.25) is 0 Å². The second-order valence-corrected chi connectivity index (χ2v) is 8.36. The summed E-state index contributed by atoms with van der Waals surface area (Å²) in [7, 11) is -10.3. The molecule has 0 atom stereocenters. The lowest BCUT2D eigenvalue weighted by molar-refractivity contribution is 0.363. The van der Waals surface area contributed by atoms with Crippen LogP contribution in [0, 0.1) is 68.0 Å². The Morgan fingerprint density at radius 2 is 1.28 bits per heavy atom. The molecule has 0 spiro atoms. The number of hydrogen-bond acceptors (Lipinski definition) is 6. The molecular weight excluding hydrogens is 451 g/mol. The maximum absolute atomic E-state index is 13.6. The Kier molecular flexibility index (Phi) is 5.20. The van der Waals surface area contributed by atoms with Gasteiger partial charge < -0.3 is 0 Å². The Morgan fingerprint density at radius 3 is 1.72 bits per heavy atom. The van der Waals surface area contributed by atoms with Crippen LogP contribution in [-0.4, -0.2) is 0 Å². The fourth-order valence-corrected chi connectivity index (χ4v) is 3.79. The average molecular weight is 456 g/mol. The predicted molar refractivity (Wildman–Crippen MR) is 100 cm³/mol. The van der Waals surface area contributed by atoms with E-state index in [4.69, 9.17) is 10.5 Å². The van der Waals surface area contributed by atoms with E-state index in [2.05, 4.69) is 0 Å². The van der Waals surface area contributed by atoms with Crippen LogP contribution in [0.5, 0.6) is 0 Å². The molecule has 0 aromatic heterocycles. The van der Waals surface area contributed by atoms with Crippen LogP contribution in [-0.2, 0) is 0 Å². The molecule has 0 amide bonds. The monoisotopic (exact) mass is 456 g/mol. The van der Waals surface area contributed by atoms with E-state index in [-0.39, 0.29) is 6.07 Å². The molecule has 32 heavy (non-hydrogen) atoms. The van der Waals surface area contributed by atoms with E-state index < -0.39 is 59.0 Å². The molecule has 0 saturated carbocycles. The maximum atomic E-state index is 13.6. The van der Waals surface area contributed by atoms with Crippen molar-refractivity contribution in [3.8, 4) is 36.4 Å². The maximum Gasteiger partial charge on any atom is 0.311 e. The number of nitrogens with zero attached hydrogens (tertiary/aromatic N) is 6. The van der Waals surface area contributed by atoms with Gasteiger partial charge in [-0.1, -0.05) is 37.6 Å². The number of hydrogen-bond donors (Lipinski definition) is 0. The normalized spacial score (nSPS) is 13.3. The largest absolute Gasteiger partial charge is 0.311 e. The van der Waals surface area contributed by atoms with Gasteiger partial charge in [-0.15, -0.1) is 0 Å². The third-order valence-corrected chi connectivity index (χ3v) is 5.29. The quantitative estimate of drug-likeness (QED) is 0.628. The Morgan fingerprint density at radius 1 is 0.719 bits per heavy atom. The van der Waals surface area contributed by atoms with Gasteiger partial charge in [0.2, 0.25) is 0 Å². The molecule has 0 radical (unpaired) electrons. The van der Waals surface area contributed by atoms with Crippen LogP contribution in [0.2, 0.25) is 0 Å². The van der Waals surface area contributed by atoms with Crippen molar-refractivity contribution in [2.24, 2.45) is 0 Å². The zero-order valence-corrected chi connectivity index (χ0v) is 16.2. The molecule has 6 nitrogen and oxygen atoms in total. The first-order chi connectivity index (χ1) is 14.8. The highest BCUT2D eigenvalue weighted by atomic mass is 32.5.